The van der Waals surface area contributed by atoms with Crippen molar-refractivity contribution in [2.24, 2.45) is 0 Å². The predicted octanol–water partition coefficient (Wildman–Crippen LogP) is 4.33. The maximum Gasteiger partial charge on any atom is 0.0398 e. The molecule has 17 heavy (non-hydrogen) atoms. The minimum Gasteiger partial charge on any atom is -0.371 e. The van der Waals surface area contributed by atoms with E-state index in [1.54, 1.807) is 5.56 Å². The molecule has 94 valence electrons. The van der Waals surface area contributed by atoms with Crippen LogP contribution in [-0.4, -0.2) is 13.1 Å². The first-order valence-corrected chi connectivity index (χ1v) is 7.15. The molecule has 0 aromatic heterocycles. The first-order valence-electron chi connectivity index (χ1n) is 7.15. The van der Waals surface area contributed by atoms with Crippen LogP contribution in [0.2, 0.25) is 0 Å². The smallest absolute Gasteiger partial charge is 0.0398 e. The number of aryl methyl sites for hydroxylation is 2. The third kappa shape index (κ3) is 3.24. The van der Waals surface area contributed by atoms with E-state index in [9.17, 15) is 0 Å². The Kier molecular flexibility index (Phi) is 4.47. The zero-order valence-electron chi connectivity index (χ0n) is 11.3. The predicted molar refractivity (Wildman–Crippen MR) is 75.9 cm³/mol. The molecule has 0 radical (unpaired) electrons. The zero-order chi connectivity index (χ0) is 12.1. The normalized spacial score (nSPS) is 14.8. The van der Waals surface area contributed by atoms with Gasteiger partial charge in [0.2, 0.25) is 0 Å². The first kappa shape index (κ1) is 12.5. The quantitative estimate of drug-likeness (QED) is 0.682. The van der Waals surface area contributed by atoms with Crippen LogP contribution in [0.3, 0.4) is 0 Å². The van der Waals surface area contributed by atoms with Crippen molar-refractivity contribution < 1.29 is 0 Å². The lowest BCUT2D eigenvalue weighted by Crippen LogP contribution is -2.30. The second kappa shape index (κ2) is 6.09. The van der Waals surface area contributed by atoms with Gasteiger partial charge in [-0.3, -0.25) is 0 Å². The van der Waals surface area contributed by atoms with Crippen molar-refractivity contribution in [3.8, 4) is 0 Å². The molecule has 1 heterocycles. The van der Waals surface area contributed by atoms with E-state index >= 15 is 0 Å². The molecule has 1 nitrogen and oxygen atoms in total. The minimum absolute atomic E-state index is 1.25. The molecule has 1 aromatic rings. The molecule has 0 saturated heterocycles. The highest BCUT2D eigenvalue weighted by atomic mass is 15.1. The van der Waals surface area contributed by atoms with Crippen molar-refractivity contribution in [3.05, 3.63) is 29.3 Å². The number of hydrogen-bond acceptors (Lipinski definition) is 1. The van der Waals surface area contributed by atoms with Crippen molar-refractivity contribution >= 4 is 5.69 Å². The summed E-state index contributed by atoms with van der Waals surface area (Å²) >= 11 is 0. The summed E-state index contributed by atoms with van der Waals surface area (Å²) in [6, 6.07) is 6.94. The Hall–Kier alpha value is -0.980. The Balaban J connectivity index is 1.97. The standard InChI is InChI=1S/C16H25N/c1-3-4-5-6-11-17-12-7-8-15-13-14(2)9-10-16(15)17/h9-10,13H,3-8,11-12H2,1-2H3. The lowest BCUT2D eigenvalue weighted by Gasteiger charge is -2.31. The van der Waals surface area contributed by atoms with E-state index in [2.05, 4.69) is 36.9 Å². The van der Waals surface area contributed by atoms with Gasteiger partial charge in [0.25, 0.3) is 0 Å². The van der Waals surface area contributed by atoms with Crippen LogP contribution in [0.4, 0.5) is 5.69 Å². The van der Waals surface area contributed by atoms with Gasteiger partial charge in [0.15, 0.2) is 0 Å². The molecule has 0 amide bonds. The molecule has 0 unspecified atom stereocenters. The fourth-order valence-electron chi connectivity index (χ4n) is 2.77. The Bertz CT molecular complexity index is 357. The maximum atomic E-state index is 2.59. The van der Waals surface area contributed by atoms with Crippen LogP contribution in [0.5, 0.6) is 0 Å². The highest BCUT2D eigenvalue weighted by Gasteiger charge is 2.15. The van der Waals surface area contributed by atoms with E-state index in [0.717, 1.165) is 0 Å². The summed E-state index contributed by atoms with van der Waals surface area (Å²) in [5.74, 6) is 0. The largest absolute Gasteiger partial charge is 0.371 e. The molecule has 0 aliphatic carbocycles. The molecule has 0 spiro atoms. The Labute approximate surface area is 106 Å². The summed E-state index contributed by atoms with van der Waals surface area (Å²) in [6.07, 6.45) is 8.03. The summed E-state index contributed by atoms with van der Waals surface area (Å²) in [7, 11) is 0. The average Bonchev–Trinajstić information content (AvgIpc) is 2.34. The number of rotatable bonds is 5. The van der Waals surface area contributed by atoms with Gasteiger partial charge in [-0.15, -0.1) is 0 Å². The van der Waals surface area contributed by atoms with E-state index in [1.807, 2.05) is 0 Å². The number of hydrogen-bond donors (Lipinski definition) is 0. The molecular weight excluding hydrogens is 206 g/mol. The number of unbranched alkanes of at least 4 members (excludes halogenated alkanes) is 3. The third-order valence-corrected chi connectivity index (χ3v) is 3.73. The molecule has 1 aliphatic heterocycles. The van der Waals surface area contributed by atoms with Crippen LogP contribution in [0.15, 0.2) is 18.2 Å². The summed E-state index contributed by atoms with van der Waals surface area (Å²) in [6.45, 7) is 6.97. The fraction of sp³-hybridized carbons (Fsp3) is 0.625. The van der Waals surface area contributed by atoms with Crippen molar-refractivity contribution in [1.82, 2.24) is 0 Å². The highest BCUT2D eigenvalue weighted by Crippen LogP contribution is 2.28. The molecule has 0 saturated carbocycles. The van der Waals surface area contributed by atoms with Gasteiger partial charge in [-0.25, -0.2) is 0 Å². The zero-order valence-corrected chi connectivity index (χ0v) is 11.3. The maximum absolute atomic E-state index is 2.59. The topological polar surface area (TPSA) is 3.24 Å². The Morgan fingerprint density at radius 1 is 1.18 bits per heavy atom. The minimum atomic E-state index is 1.25. The van der Waals surface area contributed by atoms with Crippen LogP contribution < -0.4 is 4.90 Å². The molecule has 1 aromatic carbocycles. The van der Waals surface area contributed by atoms with Crippen LogP contribution in [0.25, 0.3) is 0 Å². The van der Waals surface area contributed by atoms with Crippen LogP contribution in [-0.2, 0) is 6.42 Å². The monoisotopic (exact) mass is 231 g/mol. The van der Waals surface area contributed by atoms with Gasteiger partial charge in [0.05, 0.1) is 0 Å². The molecule has 1 aliphatic rings. The molecule has 2 rings (SSSR count). The van der Waals surface area contributed by atoms with Gasteiger partial charge in [-0.2, -0.15) is 0 Å². The van der Waals surface area contributed by atoms with Crippen molar-refractivity contribution in [2.75, 3.05) is 18.0 Å². The van der Waals surface area contributed by atoms with Crippen molar-refractivity contribution in [3.63, 3.8) is 0 Å². The molecule has 0 bridgehead atoms. The van der Waals surface area contributed by atoms with Crippen LogP contribution in [0.1, 0.15) is 50.2 Å². The molecule has 0 fully saturated rings. The second-order valence-corrected chi connectivity index (χ2v) is 5.28. The summed E-state index contributed by atoms with van der Waals surface area (Å²) < 4.78 is 0. The summed E-state index contributed by atoms with van der Waals surface area (Å²) in [4.78, 5) is 2.59. The molecule has 0 N–H and O–H groups in total. The van der Waals surface area contributed by atoms with Crippen LogP contribution in [0, 0.1) is 6.92 Å². The number of benzene rings is 1. The van der Waals surface area contributed by atoms with E-state index in [1.165, 1.54) is 62.9 Å². The van der Waals surface area contributed by atoms with Gasteiger partial charge in [0.1, 0.15) is 0 Å². The van der Waals surface area contributed by atoms with Crippen molar-refractivity contribution in [1.29, 1.82) is 0 Å². The lowest BCUT2D eigenvalue weighted by molar-refractivity contribution is 0.619. The molecule has 1 heteroatoms. The van der Waals surface area contributed by atoms with E-state index in [4.69, 9.17) is 0 Å². The van der Waals surface area contributed by atoms with Gasteiger partial charge in [-0.1, -0.05) is 43.9 Å². The fourth-order valence-corrected chi connectivity index (χ4v) is 2.77. The number of nitrogens with zero attached hydrogens (tertiary/aromatic N) is 1. The van der Waals surface area contributed by atoms with Crippen LogP contribution >= 0.6 is 0 Å². The van der Waals surface area contributed by atoms with Gasteiger partial charge in [0, 0.05) is 18.8 Å². The number of fused-ring (bicyclic) bond motifs is 1. The second-order valence-electron chi connectivity index (χ2n) is 5.28. The SMILES string of the molecule is CCCCCCN1CCCc2cc(C)ccc21. The van der Waals surface area contributed by atoms with Crippen molar-refractivity contribution in [2.45, 2.75) is 52.4 Å². The first-order chi connectivity index (χ1) is 8.31. The molecule has 0 atom stereocenters. The Morgan fingerprint density at radius 3 is 2.88 bits per heavy atom. The molecular formula is C16H25N. The van der Waals surface area contributed by atoms with E-state index in [-0.39, 0.29) is 0 Å². The Morgan fingerprint density at radius 2 is 2.06 bits per heavy atom. The van der Waals surface area contributed by atoms with E-state index in [0.29, 0.717) is 0 Å². The van der Waals surface area contributed by atoms with Gasteiger partial charge < -0.3 is 4.90 Å². The number of anilines is 1. The summed E-state index contributed by atoms with van der Waals surface area (Å²) in [5, 5.41) is 0. The lowest BCUT2D eigenvalue weighted by atomic mass is 9.99. The van der Waals surface area contributed by atoms with Gasteiger partial charge in [-0.05, 0) is 37.8 Å². The summed E-state index contributed by atoms with van der Waals surface area (Å²) in [5.41, 5.74) is 4.46. The highest BCUT2D eigenvalue weighted by molar-refractivity contribution is 5.56. The third-order valence-electron chi connectivity index (χ3n) is 3.73. The van der Waals surface area contributed by atoms with E-state index < -0.39 is 0 Å². The average molecular weight is 231 g/mol. The van der Waals surface area contributed by atoms with Gasteiger partial charge >= 0.3 is 0 Å².